The Morgan fingerprint density at radius 1 is 1.46 bits per heavy atom. The van der Waals surface area contributed by atoms with Crippen molar-refractivity contribution in [3.63, 3.8) is 0 Å². The number of guanidine groups is 1. The van der Waals surface area contributed by atoms with Crippen LogP contribution in [0.15, 0.2) is 39.4 Å². The SMILES string of the molecule is CC(CN(C)C(=NCC1CCCCO1)NCCc1ccco1)c1nccs1.I. The average molecular weight is 518 g/mol. The number of aromatic nitrogens is 1. The molecule has 0 aliphatic carbocycles. The zero-order valence-electron chi connectivity index (χ0n) is 16.7. The lowest BCUT2D eigenvalue weighted by atomic mass is 10.1. The first kappa shape index (κ1) is 23.2. The monoisotopic (exact) mass is 518 g/mol. The number of ether oxygens (including phenoxy) is 1. The van der Waals surface area contributed by atoms with Crippen molar-refractivity contribution < 1.29 is 9.15 Å². The highest BCUT2D eigenvalue weighted by molar-refractivity contribution is 14.0. The van der Waals surface area contributed by atoms with E-state index in [0.29, 0.717) is 12.5 Å². The second kappa shape index (κ2) is 12.4. The molecule has 2 aromatic heterocycles. The van der Waals surface area contributed by atoms with Crippen LogP contribution in [0.25, 0.3) is 0 Å². The maximum atomic E-state index is 5.83. The van der Waals surface area contributed by atoms with E-state index < -0.39 is 0 Å². The molecule has 1 saturated heterocycles. The van der Waals surface area contributed by atoms with Crippen LogP contribution in [-0.2, 0) is 11.2 Å². The highest BCUT2D eigenvalue weighted by Crippen LogP contribution is 2.18. The van der Waals surface area contributed by atoms with Crippen molar-refractivity contribution in [2.45, 2.75) is 44.6 Å². The largest absolute Gasteiger partial charge is 0.469 e. The third-order valence-corrected chi connectivity index (χ3v) is 5.74. The Labute approximate surface area is 188 Å². The quantitative estimate of drug-likeness (QED) is 0.323. The summed E-state index contributed by atoms with van der Waals surface area (Å²) in [5.41, 5.74) is 0. The van der Waals surface area contributed by atoms with Crippen LogP contribution in [0.1, 0.15) is 42.9 Å². The van der Waals surface area contributed by atoms with Gasteiger partial charge in [0.2, 0.25) is 0 Å². The van der Waals surface area contributed by atoms with Crippen molar-refractivity contribution in [2.75, 3.05) is 33.3 Å². The number of rotatable bonds is 8. The molecule has 3 heterocycles. The zero-order valence-corrected chi connectivity index (χ0v) is 19.8. The van der Waals surface area contributed by atoms with Crippen LogP contribution in [0.4, 0.5) is 0 Å². The fourth-order valence-electron chi connectivity index (χ4n) is 3.26. The van der Waals surface area contributed by atoms with Crippen molar-refractivity contribution in [3.8, 4) is 0 Å². The third kappa shape index (κ3) is 7.36. The maximum absolute atomic E-state index is 5.83. The number of hydrogen-bond donors (Lipinski definition) is 1. The standard InChI is InChI=1S/C20H30N4O2S.HI/c1-16(19-21-10-13-27-19)15-24(2)20(22-9-8-17-7-5-12-25-17)23-14-18-6-3-4-11-26-18;/h5,7,10,12-13,16,18H,3-4,6,8-9,11,14-15H2,1-2H3,(H,22,23);1H. The van der Waals surface area contributed by atoms with Gasteiger partial charge in [-0.25, -0.2) is 4.98 Å². The summed E-state index contributed by atoms with van der Waals surface area (Å²) in [5, 5.41) is 6.68. The predicted octanol–water partition coefficient (Wildman–Crippen LogP) is 4.15. The molecule has 0 radical (unpaired) electrons. The lowest BCUT2D eigenvalue weighted by Crippen LogP contribution is -2.42. The fourth-order valence-corrected chi connectivity index (χ4v) is 3.95. The van der Waals surface area contributed by atoms with Gasteiger partial charge in [0.25, 0.3) is 0 Å². The van der Waals surface area contributed by atoms with Crippen LogP contribution >= 0.6 is 35.3 Å². The van der Waals surface area contributed by atoms with Crippen LogP contribution in [0.3, 0.4) is 0 Å². The molecule has 0 saturated carbocycles. The van der Waals surface area contributed by atoms with E-state index in [1.807, 2.05) is 23.7 Å². The van der Waals surface area contributed by atoms with Gasteiger partial charge in [-0.2, -0.15) is 0 Å². The van der Waals surface area contributed by atoms with E-state index in [9.17, 15) is 0 Å². The molecule has 0 bridgehead atoms. The topological polar surface area (TPSA) is 62.9 Å². The predicted molar refractivity (Wildman–Crippen MR) is 125 cm³/mol. The van der Waals surface area contributed by atoms with Gasteiger partial charge in [-0.15, -0.1) is 35.3 Å². The molecular weight excluding hydrogens is 487 g/mol. The van der Waals surface area contributed by atoms with E-state index in [4.69, 9.17) is 14.1 Å². The average Bonchev–Trinajstić information content (AvgIpc) is 3.39. The molecule has 2 atom stereocenters. The number of furan rings is 1. The van der Waals surface area contributed by atoms with Gasteiger partial charge >= 0.3 is 0 Å². The fraction of sp³-hybridized carbons (Fsp3) is 0.600. The van der Waals surface area contributed by atoms with E-state index in [1.54, 1.807) is 17.6 Å². The summed E-state index contributed by atoms with van der Waals surface area (Å²) in [6, 6.07) is 3.93. The van der Waals surface area contributed by atoms with E-state index >= 15 is 0 Å². The van der Waals surface area contributed by atoms with Crippen molar-refractivity contribution in [1.82, 2.24) is 15.2 Å². The van der Waals surface area contributed by atoms with Gasteiger partial charge in [-0.05, 0) is 31.4 Å². The summed E-state index contributed by atoms with van der Waals surface area (Å²) in [5.74, 6) is 2.26. The Hall–Kier alpha value is -1.13. The first-order chi connectivity index (χ1) is 13.2. The maximum Gasteiger partial charge on any atom is 0.193 e. The van der Waals surface area contributed by atoms with Crippen molar-refractivity contribution in [2.24, 2.45) is 4.99 Å². The molecule has 0 amide bonds. The molecule has 6 nitrogen and oxygen atoms in total. The van der Waals surface area contributed by atoms with Gasteiger partial charge in [0.1, 0.15) is 5.76 Å². The number of likely N-dealkylation sites (N-methyl/N-ethyl adjacent to an activating group) is 1. The Morgan fingerprint density at radius 3 is 3.04 bits per heavy atom. The van der Waals surface area contributed by atoms with Crippen LogP contribution in [0.2, 0.25) is 0 Å². The van der Waals surface area contributed by atoms with Crippen molar-refractivity contribution >= 4 is 41.3 Å². The molecule has 2 unspecified atom stereocenters. The molecule has 3 rings (SSSR count). The molecular formula is C20H31IN4O2S. The number of nitrogens with one attached hydrogen (secondary N) is 1. The number of thiazole rings is 1. The summed E-state index contributed by atoms with van der Waals surface area (Å²) < 4.78 is 11.3. The molecule has 2 aromatic rings. The molecule has 1 N–H and O–H groups in total. The summed E-state index contributed by atoms with van der Waals surface area (Å²) in [6.45, 7) is 5.43. The number of nitrogens with zero attached hydrogens (tertiary/aromatic N) is 3. The van der Waals surface area contributed by atoms with Crippen LogP contribution in [-0.4, -0.2) is 55.2 Å². The number of halogens is 1. The van der Waals surface area contributed by atoms with E-state index in [0.717, 1.165) is 49.3 Å². The molecule has 0 spiro atoms. The van der Waals surface area contributed by atoms with E-state index in [1.165, 1.54) is 12.8 Å². The Bertz CT molecular complexity index is 672. The Balaban J connectivity index is 0.00000280. The molecule has 1 aliphatic rings. The molecule has 0 aromatic carbocycles. The summed E-state index contributed by atoms with van der Waals surface area (Å²) in [7, 11) is 2.09. The van der Waals surface area contributed by atoms with Gasteiger partial charge < -0.3 is 19.4 Å². The van der Waals surface area contributed by atoms with Crippen molar-refractivity contribution in [3.05, 3.63) is 40.7 Å². The van der Waals surface area contributed by atoms with Crippen LogP contribution in [0, 0.1) is 0 Å². The zero-order chi connectivity index (χ0) is 18.9. The van der Waals surface area contributed by atoms with Crippen LogP contribution < -0.4 is 5.32 Å². The van der Waals surface area contributed by atoms with Gasteiger partial charge in [-0.3, -0.25) is 4.99 Å². The molecule has 28 heavy (non-hydrogen) atoms. The molecule has 1 fully saturated rings. The summed E-state index contributed by atoms with van der Waals surface area (Å²) in [6.07, 6.45) is 8.16. The second-order valence-corrected chi connectivity index (χ2v) is 7.99. The number of hydrogen-bond acceptors (Lipinski definition) is 5. The van der Waals surface area contributed by atoms with Gasteiger partial charge in [0, 0.05) is 50.7 Å². The highest BCUT2D eigenvalue weighted by Gasteiger charge is 2.17. The normalized spacial score (nSPS) is 18.4. The minimum atomic E-state index is 0. The number of aliphatic imine (C=N–C) groups is 1. The minimum absolute atomic E-state index is 0. The lowest BCUT2D eigenvalue weighted by molar-refractivity contribution is 0.0223. The Morgan fingerprint density at radius 2 is 2.36 bits per heavy atom. The molecule has 1 aliphatic heterocycles. The third-order valence-electron chi connectivity index (χ3n) is 4.74. The molecule has 156 valence electrons. The second-order valence-electron chi connectivity index (χ2n) is 7.06. The van der Waals surface area contributed by atoms with Crippen molar-refractivity contribution in [1.29, 1.82) is 0 Å². The summed E-state index contributed by atoms with van der Waals surface area (Å²) >= 11 is 1.71. The van der Waals surface area contributed by atoms with Gasteiger partial charge in [0.15, 0.2) is 5.96 Å². The summed E-state index contributed by atoms with van der Waals surface area (Å²) in [4.78, 5) is 11.5. The lowest BCUT2D eigenvalue weighted by Gasteiger charge is -2.26. The van der Waals surface area contributed by atoms with Crippen LogP contribution in [0.5, 0.6) is 0 Å². The van der Waals surface area contributed by atoms with E-state index in [2.05, 4.69) is 29.2 Å². The smallest absolute Gasteiger partial charge is 0.193 e. The first-order valence-electron chi connectivity index (χ1n) is 9.75. The first-order valence-corrected chi connectivity index (χ1v) is 10.6. The van der Waals surface area contributed by atoms with Gasteiger partial charge in [-0.1, -0.05) is 6.92 Å². The Kier molecular flexibility index (Phi) is 10.3. The van der Waals surface area contributed by atoms with Gasteiger partial charge in [0.05, 0.1) is 23.9 Å². The highest BCUT2D eigenvalue weighted by atomic mass is 127. The molecule has 8 heteroatoms. The van der Waals surface area contributed by atoms with E-state index in [-0.39, 0.29) is 30.1 Å². The minimum Gasteiger partial charge on any atom is -0.469 e.